The number of fused-ring (bicyclic) bond motifs is 3. The molecule has 0 saturated carbocycles. The molecule has 6 aliphatic rings. The Bertz CT molecular complexity index is 1550. The smallest absolute Gasteiger partial charge is 0.255 e. The van der Waals surface area contributed by atoms with Gasteiger partial charge in [0.05, 0.1) is 0 Å². The second kappa shape index (κ2) is 10.4. The average Bonchev–Trinajstić information content (AvgIpc) is 3.30. The van der Waals surface area contributed by atoms with E-state index in [-0.39, 0.29) is 47.5 Å². The van der Waals surface area contributed by atoms with Crippen LogP contribution < -0.4 is 5.32 Å². The number of carbonyl (C=O) groups is 4. The molecule has 8 nitrogen and oxygen atoms in total. The van der Waals surface area contributed by atoms with Gasteiger partial charge in [0.2, 0.25) is 17.7 Å². The molecule has 1 aliphatic carbocycles. The van der Waals surface area contributed by atoms with Crippen molar-refractivity contribution in [3.8, 4) is 0 Å². The number of hydrogen-bond acceptors (Lipinski definition) is 5. The van der Waals surface area contributed by atoms with Crippen molar-refractivity contribution < 1.29 is 23.6 Å². The number of piperidine rings is 2. The molecule has 5 heterocycles. The summed E-state index contributed by atoms with van der Waals surface area (Å²) in [7, 11) is 0. The molecule has 3 atom stereocenters. The van der Waals surface area contributed by atoms with Crippen LogP contribution in [0.3, 0.4) is 0 Å². The minimum atomic E-state index is -0.617. The van der Waals surface area contributed by atoms with Crippen LogP contribution in [0.4, 0.5) is 4.39 Å². The molecule has 1 N–H and O–H groups in total. The fourth-order valence-corrected chi connectivity index (χ4v) is 7.69. The lowest BCUT2D eigenvalue weighted by molar-refractivity contribution is -0.141. The number of carbonyl (C=O) groups excluding carboxylic acids is 4. The molecule has 0 aromatic heterocycles. The summed E-state index contributed by atoms with van der Waals surface area (Å²) in [6.07, 6.45) is 4.14. The highest BCUT2D eigenvalue weighted by atomic mass is 19.1. The average molecular weight is 585 g/mol. The number of imide groups is 1. The van der Waals surface area contributed by atoms with Gasteiger partial charge in [-0.2, -0.15) is 0 Å². The van der Waals surface area contributed by atoms with E-state index in [0.29, 0.717) is 31.6 Å². The van der Waals surface area contributed by atoms with Crippen LogP contribution in [0.1, 0.15) is 79.4 Å². The fourth-order valence-electron chi connectivity index (χ4n) is 7.69. The lowest BCUT2D eigenvalue weighted by atomic mass is 9.72. The van der Waals surface area contributed by atoms with Gasteiger partial charge in [-0.3, -0.25) is 29.4 Å². The summed E-state index contributed by atoms with van der Waals surface area (Å²) in [4.78, 5) is 57.0. The van der Waals surface area contributed by atoms with Gasteiger partial charge in [-0.1, -0.05) is 38.1 Å². The molecule has 9 heteroatoms. The van der Waals surface area contributed by atoms with Crippen molar-refractivity contribution >= 4 is 29.2 Å². The highest BCUT2D eigenvalue weighted by Crippen LogP contribution is 2.44. The molecule has 0 spiro atoms. The van der Waals surface area contributed by atoms with Crippen molar-refractivity contribution in [3.63, 3.8) is 0 Å². The fraction of sp³-hybridized carbons (Fsp3) is 0.471. The molecule has 2 aromatic rings. The number of benzene rings is 2. The molecular formula is C34H37FN4O4. The second-order valence-corrected chi connectivity index (χ2v) is 13.6. The van der Waals surface area contributed by atoms with Crippen molar-refractivity contribution in [3.05, 3.63) is 76.1 Å². The van der Waals surface area contributed by atoms with E-state index in [9.17, 15) is 23.6 Å². The van der Waals surface area contributed by atoms with E-state index in [2.05, 4.69) is 30.1 Å². The van der Waals surface area contributed by atoms with Gasteiger partial charge in [-0.15, -0.1) is 0 Å². The minimum absolute atomic E-state index is 0.0910. The molecule has 3 unspecified atom stereocenters. The first-order chi connectivity index (χ1) is 20.6. The van der Waals surface area contributed by atoms with E-state index in [1.165, 1.54) is 12.1 Å². The third-order valence-corrected chi connectivity index (χ3v) is 10.1. The second-order valence-electron chi connectivity index (χ2n) is 13.6. The lowest BCUT2D eigenvalue weighted by Crippen LogP contribution is -2.69. The quantitative estimate of drug-likeness (QED) is 0.536. The Balaban J connectivity index is 1.03. The summed E-state index contributed by atoms with van der Waals surface area (Å²) in [6.45, 7) is 6.94. The standard InChI is InChI=1S/C34H37FN4O4/c1-34(2)12-11-27(28(15-34)21-4-6-23(35)7-5-21)32(42)37-18-24-14-25(19-37)38(24)16-20-3-8-26-22(13-20)17-39(33(26)43)29-9-10-30(40)36-31(29)41/h3-8,13,24-25,29H,9-12,14-19H2,1-2H3,(H,36,40,41). The summed E-state index contributed by atoms with van der Waals surface area (Å²) < 4.78 is 13.7. The number of halogens is 1. The third-order valence-electron chi connectivity index (χ3n) is 10.1. The summed E-state index contributed by atoms with van der Waals surface area (Å²) in [5.41, 5.74) is 5.60. The number of rotatable bonds is 5. The van der Waals surface area contributed by atoms with E-state index in [1.807, 2.05) is 17.0 Å². The Morgan fingerprint density at radius 3 is 2.49 bits per heavy atom. The molecule has 5 aliphatic heterocycles. The maximum Gasteiger partial charge on any atom is 0.255 e. The molecule has 8 rings (SSSR count). The Hall–Kier alpha value is -3.85. The SMILES string of the molecule is CC1(C)CCC(C(=O)N2CC3CC(C2)N3Cc2ccc3c(c2)CN(C2CCC(=O)NC2=O)C3=O)=C(c2ccc(F)cc2)C1. The van der Waals surface area contributed by atoms with Gasteiger partial charge in [0.15, 0.2) is 0 Å². The minimum Gasteiger partial charge on any atom is -0.336 e. The van der Waals surface area contributed by atoms with Crippen LogP contribution in [0, 0.1) is 11.2 Å². The molecule has 4 fully saturated rings. The lowest BCUT2D eigenvalue weighted by Gasteiger charge is -2.56. The van der Waals surface area contributed by atoms with E-state index in [4.69, 9.17) is 0 Å². The highest BCUT2D eigenvalue weighted by Gasteiger charge is 2.47. The summed E-state index contributed by atoms with van der Waals surface area (Å²) >= 11 is 0. The predicted octanol–water partition coefficient (Wildman–Crippen LogP) is 4.04. The van der Waals surface area contributed by atoms with Crippen LogP contribution in [0.25, 0.3) is 5.57 Å². The number of nitrogens with zero attached hydrogens (tertiary/aromatic N) is 3. The van der Waals surface area contributed by atoms with Crippen molar-refractivity contribution in [1.82, 2.24) is 20.0 Å². The Labute approximate surface area is 250 Å². The van der Waals surface area contributed by atoms with Crippen molar-refractivity contribution in [2.45, 2.75) is 83.6 Å². The van der Waals surface area contributed by atoms with Gasteiger partial charge < -0.3 is 9.80 Å². The molecule has 0 radical (unpaired) electrons. The summed E-state index contributed by atoms with van der Waals surface area (Å²) in [5.74, 6) is -1.01. The molecule has 224 valence electrons. The molecule has 4 saturated heterocycles. The summed E-state index contributed by atoms with van der Waals surface area (Å²) in [5, 5.41) is 2.35. The first kappa shape index (κ1) is 28.0. The third kappa shape index (κ3) is 5.07. The predicted molar refractivity (Wildman–Crippen MR) is 158 cm³/mol. The van der Waals surface area contributed by atoms with Crippen molar-refractivity contribution in [1.29, 1.82) is 0 Å². The van der Waals surface area contributed by atoms with Gasteiger partial charge in [0.25, 0.3) is 5.91 Å². The van der Waals surface area contributed by atoms with Crippen LogP contribution >= 0.6 is 0 Å². The Morgan fingerprint density at radius 2 is 1.77 bits per heavy atom. The molecule has 2 bridgehead atoms. The van der Waals surface area contributed by atoms with Crippen LogP contribution in [-0.4, -0.2) is 69.5 Å². The van der Waals surface area contributed by atoms with Crippen LogP contribution in [-0.2, 0) is 27.5 Å². The van der Waals surface area contributed by atoms with Crippen LogP contribution in [0.5, 0.6) is 0 Å². The van der Waals surface area contributed by atoms with Gasteiger partial charge in [-0.25, -0.2) is 4.39 Å². The van der Waals surface area contributed by atoms with E-state index in [0.717, 1.165) is 60.1 Å². The normalized spacial score (nSPS) is 26.8. The van der Waals surface area contributed by atoms with E-state index >= 15 is 0 Å². The summed E-state index contributed by atoms with van der Waals surface area (Å²) in [6, 6.07) is 12.4. The maximum absolute atomic E-state index is 13.9. The zero-order valence-corrected chi connectivity index (χ0v) is 24.7. The number of hydrogen-bond donors (Lipinski definition) is 1. The van der Waals surface area contributed by atoms with Crippen molar-refractivity contribution in [2.75, 3.05) is 13.1 Å². The highest BCUT2D eigenvalue weighted by molar-refractivity contribution is 6.05. The molecule has 43 heavy (non-hydrogen) atoms. The van der Waals surface area contributed by atoms with Gasteiger partial charge in [-0.05, 0) is 78.0 Å². The first-order valence-electron chi connectivity index (χ1n) is 15.4. The largest absolute Gasteiger partial charge is 0.336 e. The van der Waals surface area contributed by atoms with Gasteiger partial charge in [0, 0.05) is 55.8 Å². The number of amides is 4. The van der Waals surface area contributed by atoms with Crippen LogP contribution in [0.15, 0.2) is 48.0 Å². The van der Waals surface area contributed by atoms with Gasteiger partial charge >= 0.3 is 0 Å². The first-order valence-corrected chi connectivity index (χ1v) is 15.4. The van der Waals surface area contributed by atoms with E-state index < -0.39 is 11.9 Å². The van der Waals surface area contributed by atoms with Crippen LogP contribution in [0.2, 0.25) is 0 Å². The Kier molecular flexibility index (Phi) is 6.76. The van der Waals surface area contributed by atoms with Gasteiger partial charge in [0.1, 0.15) is 11.9 Å². The molecule has 4 amide bonds. The number of piperazine rings is 1. The monoisotopic (exact) mass is 584 g/mol. The zero-order valence-electron chi connectivity index (χ0n) is 24.7. The van der Waals surface area contributed by atoms with E-state index in [1.54, 1.807) is 17.0 Å². The maximum atomic E-state index is 13.9. The number of allylic oxidation sites excluding steroid dienone is 1. The Morgan fingerprint density at radius 1 is 1.02 bits per heavy atom. The van der Waals surface area contributed by atoms with Crippen molar-refractivity contribution in [2.24, 2.45) is 5.41 Å². The zero-order chi connectivity index (χ0) is 30.0. The number of nitrogens with one attached hydrogen (secondary N) is 1. The molecular weight excluding hydrogens is 547 g/mol. The molecule has 2 aromatic carbocycles. The topological polar surface area (TPSA) is 90.0 Å².